The minimum absolute atomic E-state index is 0.551. The maximum Gasteiger partial charge on any atom is 0.262 e. The second kappa shape index (κ2) is 2.40. The molecular formula is C5H11F2N. The molecule has 0 aromatic carbocycles. The molecule has 8 heavy (non-hydrogen) atoms. The van der Waals surface area contributed by atoms with E-state index in [1.54, 1.807) is 0 Å². The van der Waals surface area contributed by atoms with Crippen LogP contribution in [-0.4, -0.2) is 12.5 Å². The fraction of sp³-hybridized carbons (Fsp3) is 1.00. The minimum Gasteiger partial charge on any atom is -0.325 e. The number of hydrogen-bond donors (Lipinski definition) is 1. The highest BCUT2D eigenvalue weighted by Gasteiger charge is 2.30. The molecule has 0 aliphatic heterocycles. The summed E-state index contributed by atoms with van der Waals surface area (Å²) < 4.78 is 24.3. The first kappa shape index (κ1) is 7.82. The molecule has 0 amide bonds. The summed E-state index contributed by atoms with van der Waals surface area (Å²) in [5.74, 6) is -3.33. The van der Waals surface area contributed by atoms with Gasteiger partial charge in [0.1, 0.15) is 0 Å². The number of nitrogens with two attached hydrogens (primary N) is 1. The summed E-state index contributed by atoms with van der Waals surface area (Å²) in [7, 11) is 0. The van der Waals surface area contributed by atoms with Crippen molar-refractivity contribution in [3.05, 3.63) is 0 Å². The van der Waals surface area contributed by atoms with Crippen LogP contribution in [0, 0.1) is 5.92 Å². The molecule has 0 unspecified atom stereocenters. The molecular weight excluding hydrogens is 112 g/mol. The van der Waals surface area contributed by atoms with Crippen molar-refractivity contribution < 1.29 is 8.78 Å². The highest BCUT2D eigenvalue weighted by Crippen LogP contribution is 2.21. The summed E-state index contributed by atoms with van der Waals surface area (Å²) in [6, 6.07) is 0. The van der Waals surface area contributed by atoms with Crippen molar-refractivity contribution >= 4 is 0 Å². The van der Waals surface area contributed by atoms with E-state index in [0.29, 0.717) is 0 Å². The summed E-state index contributed by atoms with van der Waals surface area (Å²) in [6.45, 7) is 2.35. The van der Waals surface area contributed by atoms with Crippen molar-refractivity contribution in [1.29, 1.82) is 0 Å². The minimum atomic E-state index is -2.68. The van der Waals surface area contributed by atoms with Gasteiger partial charge in [0, 0.05) is 5.92 Å². The first-order valence-electron chi connectivity index (χ1n) is 2.58. The summed E-state index contributed by atoms with van der Waals surface area (Å²) in [6.07, 6.45) is 0. The van der Waals surface area contributed by atoms with E-state index < -0.39 is 18.4 Å². The topological polar surface area (TPSA) is 26.0 Å². The molecule has 0 aromatic rings. The second-order valence-corrected chi connectivity index (χ2v) is 2.12. The van der Waals surface area contributed by atoms with Crippen LogP contribution in [0.3, 0.4) is 0 Å². The van der Waals surface area contributed by atoms with Crippen molar-refractivity contribution in [3.63, 3.8) is 0 Å². The van der Waals surface area contributed by atoms with Crippen molar-refractivity contribution in [1.82, 2.24) is 0 Å². The van der Waals surface area contributed by atoms with Gasteiger partial charge in [0.2, 0.25) is 0 Å². The molecule has 0 spiro atoms. The highest BCUT2D eigenvalue weighted by atomic mass is 19.3. The molecule has 0 aliphatic rings. The van der Waals surface area contributed by atoms with Crippen LogP contribution in [-0.2, 0) is 0 Å². The molecule has 0 saturated carbocycles. The van der Waals surface area contributed by atoms with E-state index in [4.69, 9.17) is 5.73 Å². The van der Waals surface area contributed by atoms with E-state index in [1.807, 2.05) is 0 Å². The van der Waals surface area contributed by atoms with E-state index in [-0.39, 0.29) is 0 Å². The average molecular weight is 123 g/mol. The largest absolute Gasteiger partial charge is 0.325 e. The van der Waals surface area contributed by atoms with Crippen LogP contribution in [0.15, 0.2) is 0 Å². The molecule has 0 saturated heterocycles. The number of alkyl halides is 2. The van der Waals surface area contributed by atoms with Gasteiger partial charge in [-0.25, -0.2) is 8.78 Å². The number of hydrogen-bond acceptors (Lipinski definition) is 1. The monoisotopic (exact) mass is 123 g/mol. The maximum absolute atomic E-state index is 12.2. The fourth-order valence-electron chi connectivity index (χ4n) is 0.236. The molecule has 0 aliphatic carbocycles. The smallest absolute Gasteiger partial charge is 0.262 e. The Labute approximate surface area is 47.9 Å². The summed E-state index contributed by atoms with van der Waals surface area (Å²) in [5.41, 5.74) is 4.76. The number of halogens is 2. The molecule has 0 bridgehead atoms. The predicted molar refractivity (Wildman–Crippen MR) is 28.8 cm³/mol. The van der Waals surface area contributed by atoms with E-state index in [2.05, 4.69) is 0 Å². The van der Waals surface area contributed by atoms with Crippen LogP contribution in [0.2, 0.25) is 0 Å². The molecule has 1 nitrogen and oxygen atoms in total. The molecule has 0 aromatic heterocycles. The van der Waals surface area contributed by atoms with Crippen LogP contribution in [0.1, 0.15) is 13.8 Å². The average Bonchev–Trinajstić information content (AvgIpc) is 1.67. The Kier molecular flexibility index (Phi) is 2.34. The van der Waals surface area contributed by atoms with Crippen LogP contribution in [0.5, 0.6) is 0 Å². The maximum atomic E-state index is 12.2. The predicted octanol–water partition coefficient (Wildman–Crippen LogP) is 1.24. The lowest BCUT2D eigenvalue weighted by Crippen LogP contribution is -2.33. The van der Waals surface area contributed by atoms with Crippen molar-refractivity contribution in [2.45, 2.75) is 19.8 Å². The standard InChI is InChI=1S/C5H11F2N/c1-4(2)5(6,7)3-8/h4H,3,8H2,1-2H3. The Bertz CT molecular complexity index is 70.8. The molecule has 50 valence electrons. The van der Waals surface area contributed by atoms with Gasteiger partial charge in [-0.3, -0.25) is 0 Å². The van der Waals surface area contributed by atoms with Crippen LogP contribution in [0.4, 0.5) is 8.78 Å². The highest BCUT2D eigenvalue weighted by molar-refractivity contribution is 4.69. The van der Waals surface area contributed by atoms with Gasteiger partial charge in [-0.2, -0.15) is 0 Å². The normalized spacial score (nSPS) is 12.8. The molecule has 0 radical (unpaired) electrons. The van der Waals surface area contributed by atoms with Gasteiger partial charge >= 0.3 is 0 Å². The van der Waals surface area contributed by atoms with Gasteiger partial charge in [0.15, 0.2) is 0 Å². The SMILES string of the molecule is CC(C)C(F)(F)CN. The number of rotatable bonds is 2. The molecule has 0 heterocycles. The van der Waals surface area contributed by atoms with Gasteiger partial charge in [-0.1, -0.05) is 13.8 Å². The quantitative estimate of drug-likeness (QED) is 0.587. The van der Waals surface area contributed by atoms with E-state index in [0.717, 1.165) is 0 Å². The van der Waals surface area contributed by atoms with Crippen molar-refractivity contribution in [3.8, 4) is 0 Å². The lowest BCUT2D eigenvalue weighted by molar-refractivity contribution is -0.0349. The summed E-state index contributed by atoms with van der Waals surface area (Å²) in [4.78, 5) is 0. The van der Waals surface area contributed by atoms with Gasteiger partial charge < -0.3 is 5.73 Å². The molecule has 0 fully saturated rings. The van der Waals surface area contributed by atoms with Gasteiger partial charge in [-0.05, 0) is 0 Å². The third kappa shape index (κ3) is 1.74. The van der Waals surface area contributed by atoms with Gasteiger partial charge in [-0.15, -0.1) is 0 Å². The van der Waals surface area contributed by atoms with E-state index >= 15 is 0 Å². The Morgan fingerprint density at radius 1 is 1.50 bits per heavy atom. The first-order valence-corrected chi connectivity index (χ1v) is 2.58. The lowest BCUT2D eigenvalue weighted by Gasteiger charge is -2.16. The molecule has 0 rings (SSSR count). The third-order valence-electron chi connectivity index (χ3n) is 1.12. The van der Waals surface area contributed by atoms with Gasteiger partial charge in [0.25, 0.3) is 5.92 Å². The third-order valence-corrected chi connectivity index (χ3v) is 1.12. The summed E-state index contributed by atoms with van der Waals surface area (Å²) >= 11 is 0. The zero-order valence-electron chi connectivity index (χ0n) is 5.12. The molecule has 3 heteroatoms. The van der Waals surface area contributed by atoms with Crippen LogP contribution in [0.25, 0.3) is 0 Å². The van der Waals surface area contributed by atoms with E-state index in [1.165, 1.54) is 13.8 Å². The zero-order chi connectivity index (χ0) is 6.78. The Morgan fingerprint density at radius 3 is 1.88 bits per heavy atom. The van der Waals surface area contributed by atoms with Crippen molar-refractivity contribution in [2.24, 2.45) is 11.7 Å². The first-order chi connectivity index (χ1) is 3.50. The zero-order valence-corrected chi connectivity index (χ0v) is 5.12. The molecule has 2 N–H and O–H groups in total. The van der Waals surface area contributed by atoms with Crippen LogP contribution >= 0.6 is 0 Å². The Balaban J connectivity index is 3.71. The summed E-state index contributed by atoms with van der Waals surface area (Å²) in [5, 5.41) is 0. The van der Waals surface area contributed by atoms with Crippen molar-refractivity contribution in [2.75, 3.05) is 6.54 Å². The Morgan fingerprint density at radius 2 is 1.88 bits per heavy atom. The lowest BCUT2D eigenvalue weighted by atomic mass is 10.1. The van der Waals surface area contributed by atoms with Gasteiger partial charge in [0.05, 0.1) is 6.54 Å². The van der Waals surface area contributed by atoms with Crippen LogP contribution < -0.4 is 5.73 Å². The molecule has 0 atom stereocenters. The second-order valence-electron chi connectivity index (χ2n) is 2.12. The fourth-order valence-corrected chi connectivity index (χ4v) is 0.236. The Hall–Kier alpha value is -0.180. The van der Waals surface area contributed by atoms with E-state index in [9.17, 15) is 8.78 Å².